The SMILES string of the molecule is COc1ccc(-c2ccccc2)cc1-c1ccc(O)cc1. The van der Waals surface area contributed by atoms with E-state index in [1.807, 2.05) is 36.4 Å². The molecule has 0 spiro atoms. The van der Waals surface area contributed by atoms with Gasteiger partial charge in [-0.2, -0.15) is 0 Å². The fourth-order valence-corrected chi connectivity index (χ4v) is 2.38. The van der Waals surface area contributed by atoms with Crippen molar-refractivity contribution in [2.24, 2.45) is 0 Å². The lowest BCUT2D eigenvalue weighted by Crippen LogP contribution is -1.89. The van der Waals surface area contributed by atoms with Crippen molar-refractivity contribution in [2.45, 2.75) is 0 Å². The summed E-state index contributed by atoms with van der Waals surface area (Å²) in [7, 11) is 1.67. The fourth-order valence-electron chi connectivity index (χ4n) is 2.38. The van der Waals surface area contributed by atoms with Gasteiger partial charge in [0, 0.05) is 5.56 Å². The Morgan fingerprint density at radius 3 is 2.05 bits per heavy atom. The highest BCUT2D eigenvalue weighted by Crippen LogP contribution is 2.34. The first kappa shape index (κ1) is 13.3. The molecule has 0 aliphatic heterocycles. The number of methoxy groups -OCH3 is 1. The first-order valence-corrected chi connectivity index (χ1v) is 6.81. The minimum absolute atomic E-state index is 0.261. The molecule has 3 aromatic rings. The van der Waals surface area contributed by atoms with Gasteiger partial charge in [-0.1, -0.05) is 48.5 Å². The molecule has 2 heteroatoms. The number of ether oxygens (including phenoxy) is 1. The van der Waals surface area contributed by atoms with Crippen molar-refractivity contribution in [2.75, 3.05) is 7.11 Å². The van der Waals surface area contributed by atoms with Crippen LogP contribution in [0.25, 0.3) is 22.3 Å². The molecule has 3 rings (SSSR count). The summed E-state index contributed by atoms with van der Waals surface area (Å²) in [6, 6.07) is 23.5. The number of hydrogen-bond acceptors (Lipinski definition) is 2. The molecule has 104 valence electrons. The highest BCUT2D eigenvalue weighted by Gasteiger charge is 2.08. The normalized spacial score (nSPS) is 10.3. The Morgan fingerprint density at radius 2 is 1.38 bits per heavy atom. The van der Waals surface area contributed by atoms with Crippen LogP contribution in [0, 0.1) is 0 Å². The van der Waals surface area contributed by atoms with Crippen molar-refractivity contribution in [3.8, 4) is 33.8 Å². The largest absolute Gasteiger partial charge is 0.508 e. The van der Waals surface area contributed by atoms with Gasteiger partial charge in [0.1, 0.15) is 11.5 Å². The van der Waals surface area contributed by atoms with Gasteiger partial charge in [-0.25, -0.2) is 0 Å². The molecule has 0 aliphatic rings. The van der Waals surface area contributed by atoms with Gasteiger partial charge in [-0.05, 0) is 41.0 Å². The van der Waals surface area contributed by atoms with Crippen LogP contribution in [0.4, 0.5) is 0 Å². The van der Waals surface area contributed by atoms with Crippen LogP contribution in [-0.2, 0) is 0 Å². The zero-order valence-electron chi connectivity index (χ0n) is 11.8. The summed E-state index contributed by atoms with van der Waals surface area (Å²) in [5.74, 6) is 1.08. The molecule has 0 saturated carbocycles. The van der Waals surface area contributed by atoms with Crippen molar-refractivity contribution >= 4 is 0 Å². The summed E-state index contributed by atoms with van der Waals surface area (Å²) >= 11 is 0. The molecule has 1 N–H and O–H groups in total. The molecule has 3 aromatic carbocycles. The van der Waals surface area contributed by atoms with Gasteiger partial charge < -0.3 is 9.84 Å². The molecule has 0 heterocycles. The zero-order valence-corrected chi connectivity index (χ0v) is 11.8. The molecule has 0 radical (unpaired) electrons. The lowest BCUT2D eigenvalue weighted by atomic mass is 9.98. The van der Waals surface area contributed by atoms with Crippen LogP contribution >= 0.6 is 0 Å². The molecule has 2 nitrogen and oxygen atoms in total. The molecule has 0 bridgehead atoms. The number of benzene rings is 3. The van der Waals surface area contributed by atoms with E-state index >= 15 is 0 Å². The van der Waals surface area contributed by atoms with Crippen LogP contribution in [0.1, 0.15) is 0 Å². The van der Waals surface area contributed by atoms with Gasteiger partial charge in [-0.15, -0.1) is 0 Å². The van der Waals surface area contributed by atoms with E-state index in [2.05, 4.69) is 24.3 Å². The van der Waals surface area contributed by atoms with Crippen molar-refractivity contribution in [1.29, 1.82) is 0 Å². The summed E-state index contributed by atoms with van der Waals surface area (Å²) in [5, 5.41) is 9.43. The Labute approximate surface area is 124 Å². The highest BCUT2D eigenvalue weighted by atomic mass is 16.5. The van der Waals surface area contributed by atoms with Crippen molar-refractivity contribution in [3.05, 3.63) is 72.8 Å². The van der Waals surface area contributed by atoms with Gasteiger partial charge in [0.15, 0.2) is 0 Å². The highest BCUT2D eigenvalue weighted by molar-refractivity contribution is 5.77. The van der Waals surface area contributed by atoms with Gasteiger partial charge >= 0.3 is 0 Å². The number of aromatic hydroxyl groups is 1. The Hall–Kier alpha value is -2.74. The summed E-state index contributed by atoms with van der Waals surface area (Å²) in [6.45, 7) is 0. The van der Waals surface area contributed by atoms with E-state index in [0.29, 0.717) is 0 Å². The maximum atomic E-state index is 9.43. The monoisotopic (exact) mass is 276 g/mol. The number of phenols is 1. The molecule has 0 unspecified atom stereocenters. The second kappa shape index (κ2) is 5.71. The molecule has 0 aliphatic carbocycles. The summed E-state index contributed by atoms with van der Waals surface area (Å²) in [5.41, 5.74) is 4.33. The molecule has 0 saturated heterocycles. The van der Waals surface area contributed by atoms with Gasteiger partial charge in [-0.3, -0.25) is 0 Å². The lowest BCUT2D eigenvalue weighted by Gasteiger charge is -2.11. The van der Waals surface area contributed by atoms with E-state index in [0.717, 1.165) is 22.4 Å². The lowest BCUT2D eigenvalue weighted by molar-refractivity contribution is 0.416. The third kappa shape index (κ3) is 2.75. The summed E-state index contributed by atoms with van der Waals surface area (Å²) in [6.07, 6.45) is 0. The van der Waals surface area contributed by atoms with E-state index in [1.165, 1.54) is 5.56 Å². The first-order chi connectivity index (χ1) is 10.3. The standard InChI is InChI=1S/C19H16O2/c1-21-19-12-9-16(14-5-3-2-4-6-14)13-18(19)15-7-10-17(20)11-8-15/h2-13,20H,1H3. The van der Waals surface area contributed by atoms with Crippen molar-refractivity contribution in [1.82, 2.24) is 0 Å². The predicted molar refractivity (Wildman–Crippen MR) is 85.5 cm³/mol. The van der Waals surface area contributed by atoms with Gasteiger partial charge in [0.25, 0.3) is 0 Å². The Morgan fingerprint density at radius 1 is 0.714 bits per heavy atom. The minimum atomic E-state index is 0.261. The molecule has 0 amide bonds. The summed E-state index contributed by atoms with van der Waals surface area (Å²) < 4.78 is 5.46. The third-order valence-electron chi connectivity index (χ3n) is 3.48. The second-order valence-corrected chi connectivity index (χ2v) is 4.83. The van der Waals surface area contributed by atoms with Crippen LogP contribution in [-0.4, -0.2) is 12.2 Å². The quantitative estimate of drug-likeness (QED) is 0.749. The first-order valence-electron chi connectivity index (χ1n) is 6.81. The topological polar surface area (TPSA) is 29.5 Å². The number of hydrogen-bond donors (Lipinski definition) is 1. The smallest absolute Gasteiger partial charge is 0.126 e. The van der Waals surface area contributed by atoms with Gasteiger partial charge in [0.05, 0.1) is 7.11 Å². The van der Waals surface area contributed by atoms with E-state index in [4.69, 9.17) is 4.74 Å². The van der Waals surface area contributed by atoms with Crippen LogP contribution in [0.2, 0.25) is 0 Å². The average molecular weight is 276 g/mol. The van der Waals surface area contributed by atoms with E-state index in [9.17, 15) is 5.11 Å². The Balaban J connectivity index is 2.12. The Bertz CT molecular complexity index is 731. The summed E-state index contributed by atoms with van der Waals surface area (Å²) in [4.78, 5) is 0. The fraction of sp³-hybridized carbons (Fsp3) is 0.0526. The van der Waals surface area contributed by atoms with E-state index < -0.39 is 0 Å². The minimum Gasteiger partial charge on any atom is -0.508 e. The molecular formula is C19H16O2. The van der Waals surface area contributed by atoms with Crippen LogP contribution in [0.15, 0.2) is 72.8 Å². The molecule has 0 fully saturated rings. The van der Waals surface area contributed by atoms with Crippen LogP contribution in [0.3, 0.4) is 0 Å². The van der Waals surface area contributed by atoms with Gasteiger partial charge in [0.2, 0.25) is 0 Å². The van der Waals surface area contributed by atoms with Crippen LogP contribution in [0.5, 0.6) is 11.5 Å². The molecule has 21 heavy (non-hydrogen) atoms. The van der Waals surface area contributed by atoms with E-state index in [-0.39, 0.29) is 5.75 Å². The average Bonchev–Trinajstić information content (AvgIpc) is 2.56. The number of rotatable bonds is 3. The third-order valence-corrected chi connectivity index (χ3v) is 3.48. The maximum Gasteiger partial charge on any atom is 0.126 e. The molecule has 0 aromatic heterocycles. The molecular weight excluding hydrogens is 260 g/mol. The Kier molecular flexibility index (Phi) is 3.61. The zero-order chi connectivity index (χ0) is 14.7. The predicted octanol–water partition coefficient (Wildman–Crippen LogP) is 4.73. The van der Waals surface area contributed by atoms with E-state index in [1.54, 1.807) is 19.2 Å². The van der Waals surface area contributed by atoms with Crippen LogP contribution < -0.4 is 4.74 Å². The van der Waals surface area contributed by atoms with Crippen molar-refractivity contribution in [3.63, 3.8) is 0 Å². The number of phenolic OH excluding ortho intramolecular Hbond substituents is 1. The maximum absolute atomic E-state index is 9.43. The molecule has 0 atom stereocenters. The van der Waals surface area contributed by atoms with Crippen molar-refractivity contribution < 1.29 is 9.84 Å². The second-order valence-electron chi connectivity index (χ2n) is 4.83.